The van der Waals surface area contributed by atoms with Crippen LogP contribution in [0.4, 0.5) is 0 Å². The van der Waals surface area contributed by atoms with Crippen LogP contribution in [0.3, 0.4) is 0 Å². The largest absolute Gasteiger partial charge is 0.497 e. The standard InChI is InChI=1S/C23H25N3O5/c1-30-20-5-2-4-19(15-20)23(29)24-11-13-31-21-14-17(16-26-12-3-10-25-26)6-7-18(21)8-9-22(27)28/h2-7,10,12,14-15H,8-9,11,13,16H2,1H3,(H,24,29)(H,27,28). The average Bonchev–Trinajstić information content (AvgIpc) is 3.29. The number of methoxy groups -OCH3 is 1. The van der Waals surface area contributed by atoms with E-state index in [1.54, 1.807) is 42.3 Å². The van der Waals surface area contributed by atoms with Gasteiger partial charge in [0.1, 0.15) is 18.1 Å². The quantitative estimate of drug-likeness (QED) is 0.460. The average molecular weight is 423 g/mol. The third-order valence-electron chi connectivity index (χ3n) is 4.62. The highest BCUT2D eigenvalue weighted by atomic mass is 16.5. The Morgan fingerprint density at radius 2 is 2.03 bits per heavy atom. The molecule has 3 aromatic rings. The van der Waals surface area contributed by atoms with Gasteiger partial charge in [-0.15, -0.1) is 0 Å². The van der Waals surface area contributed by atoms with Crippen molar-refractivity contribution in [1.29, 1.82) is 0 Å². The molecule has 0 saturated heterocycles. The molecule has 31 heavy (non-hydrogen) atoms. The molecule has 0 fully saturated rings. The van der Waals surface area contributed by atoms with E-state index in [0.29, 0.717) is 36.6 Å². The molecular weight excluding hydrogens is 398 g/mol. The molecule has 0 bridgehead atoms. The number of amides is 1. The minimum absolute atomic E-state index is 0.0153. The fourth-order valence-electron chi connectivity index (χ4n) is 3.05. The normalized spacial score (nSPS) is 10.5. The van der Waals surface area contributed by atoms with Crippen LogP contribution < -0.4 is 14.8 Å². The first-order valence-corrected chi connectivity index (χ1v) is 9.91. The Morgan fingerprint density at radius 1 is 1.16 bits per heavy atom. The molecule has 0 saturated carbocycles. The summed E-state index contributed by atoms with van der Waals surface area (Å²) in [6, 6.07) is 14.5. The van der Waals surface area contributed by atoms with Crippen LogP contribution in [0.5, 0.6) is 11.5 Å². The predicted molar refractivity (Wildman–Crippen MR) is 115 cm³/mol. The van der Waals surface area contributed by atoms with E-state index in [9.17, 15) is 9.59 Å². The lowest BCUT2D eigenvalue weighted by atomic mass is 10.1. The molecule has 0 atom stereocenters. The molecule has 8 heteroatoms. The Morgan fingerprint density at radius 3 is 2.77 bits per heavy atom. The third-order valence-corrected chi connectivity index (χ3v) is 4.62. The lowest BCUT2D eigenvalue weighted by Crippen LogP contribution is -2.28. The van der Waals surface area contributed by atoms with Gasteiger partial charge in [0.15, 0.2) is 0 Å². The van der Waals surface area contributed by atoms with Gasteiger partial charge in [-0.2, -0.15) is 5.10 Å². The highest BCUT2D eigenvalue weighted by molar-refractivity contribution is 5.94. The van der Waals surface area contributed by atoms with Crippen molar-refractivity contribution >= 4 is 11.9 Å². The van der Waals surface area contributed by atoms with Gasteiger partial charge in [0.2, 0.25) is 0 Å². The van der Waals surface area contributed by atoms with Gasteiger partial charge in [-0.3, -0.25) is 14.3 Å². The molecule has 3 rings (SSSR count). The van der Waals surface area contributed by atoms with Crippen molar-refractivity contribution in [2.75, 3.05) is 20.3 Å². The van der Waals surface area contributed by atoms with Crippen molar-refractivity contribution < 1.29 is 24.2 Å². The van der Waals surface area contributed by atoms with Crippen molar-refractivity contribution in [3.63, 3.8) is 0 Å². The second-order valence-electron chi connectivity index (χ2n) is 6.88. The van der Waals surface area contributed by atoms with Gasteiger partial charge in [0.25, 0.3) is 5.91 Å². The van der Waals surface area contributed by atoms with E-state index in [1.807, 2.05) is 30.5 Å². The molecule has 1 heterocycles. The lowest BCUT2D eigenvalue weighted by Gasteiger charge is -2.14. The number of aryl methyl sites for hydroxylation is 1. The number of hydrogen-bond donors (Lipinski definition) is 2. The number of carboxylic acid groups (broad SMARTS) is 1. The van der Waals surface area contributed by atoms with Gasteiger partial charge in [0.05, 0.1) is 20.2 Å². The first-order valence-electron chi connectivity index (χ1n) is 9.91. The smallest absolute Gasteiger partial charge is 0.303 e. The van der Waals surface area contributed by atoms with Crippen LogP contribution in [0.15, 0.2) is 60.9 Å². The summed E-state index contributed by atoms with van der Waals surface area (Å²) in [5, 5.41) is 16.0. The van der Waals surface area contributed by atoms with Gasteiger partial charge in [0, 0.05) is 24.4 Å². The Labute approximate surface area is 180 Å². The fraction of sp³-hybridized carbons (Fsp3) is 0.261. The maximum absolute atomic E-state index is 12.3. The van der Waals surface area contributed by atoms with Crippen molar-refractivity contribution in [3.8, 4) is 11.5 Å². The van der Waals surface area contributed by atoms with Gasteiger partial charge < -0.3 is 19.9 Å². The molecule has 0 aliphatic carbocycles. The summed E-state index contributed by atoms with van der Waals surface area (Å²) in [4.78, 5) is 23.3. The van der Waals surface area contributed by atoms with E-state index in [0.717, 1.165) is 11.1 Å². The number of carbonyl (C=O) groups is 2. The molecule has 2 aromatic carbocycles. The van der Waals surface area contributed by atoms with E-state index in [-0.39, 0.29) is 18.9 Å². The summed E-state index contributed by atoms with van der Waals surface area (Å²) in [6.45, 7) is 1.13. The van der Waals surface area contributed by atoms with Gasteiger partial charge >= 0.3 is 5.97 Å². The summed E-state index contributed by atoms with van der Waals surface area (Å²) < 4.78 is 12.8. The molecule has 1 amide bonds. The van der Waals surface area contributed by atoms with Crippen LogP contribution in [0, 0.1) is 0 Å². The Bertz CT molecular complexity index is 1020. The number of aliphatic carboxylic acids is 1. The number of aromatic nitrogens is 2. The van der Waals surface area contributed by atoms with E-state index in [1.165, 1.54) is 0 Å². The number of carbonyl (C=O) groups excluding carboxylic acids is 1. The van der Waals surface area contributed by atoms with Crippen LogP contribution in [0.25, 0.3) is 0 Å². The Balaban J connectivity index is 1.60. The maximum Gasteiger partial charge on any atom is 0.303 e. The molecule has 0 aliphatic rings. The van der Waals surface area contributed by atoms with E-state index in [4.69, 9.17) is 14.6 Å². The molecule has 0 aliphatic heterocycles. The van der Waals surface area contributed by atoms with E-state index >= 15 is 0 Å². The molecule has 162 valence electrons. The Kier molecular flexibility index (Phi) is 7.64. The highest BCUT2D eigenvalue weighted by Gasteiger charge is 2.10. The second-order valence-corrected chi connectivity index (χ2v) is 6.88. The lowest BCUT2D eigenvalue weighted by molar-refractivity contribution is -0.136. The zero-order chi connectivity index (χ0) is 22.1. The molecule has 0 spiro atoms. The topological polar surface area (TPSA) is 103 Å². The Hall–Kier alpha value is -3.81. The molecule has 0 radical (unpaired) electrons. The second kappa shape index (κ2) is 10.8. The minimum Gasteiger partial charge on any atom is -0.497 e. The van der Waals surface area contributed by atoms with Gasteiger partial charge in [-0.25, -0.2) is 0 Å². The summed E-state index contributed by atoms with van der Waals surface area (Å²) >= 11 is 0. The summed E-state index contributed by atoms with van der Waals surface area (Å²) in [7, 11) is 1.55. The van der Waals surface area contributed by atoms with Crippen LogP contribution in [-0.4, -0.2) is 47.0 Å². The zero-order valence-corrected chi connectivity index (χ0v) is 17.3. The predicted octanol–water partition coefficient (Wildman–Crippen LogP) is 2.77. The number of hydrogen-bond acceptors (Lipinski definition) is 5. The highest BCUT2D eigenvalue weighted by Crippen LogP contribution is 2.23. The molecule has 0 unspecified atom stereocenters. The molecule has 8 nitrogen and oxygen atoms in total. The van der Waals surface area contributed by atoms with Crippen LogP contribution in [0.1, 0.15) is 27.9 Å². The number of benzene rings is 2. The van der Waals surface area contributed by atoms with Crippen molar-refractivity contribution in [3.05, 3.63) is 77.6 Å². The fourth-order valence-corrected chi connectivity index (χ4v) is 3.05. The summed E-state index contributed by atoms with van der Waals surface area (Å²) in [5.41, 5.74) is 2.30. The summed E-state index contributed by atoms with van der Waals surface area (Å²) in [6.07, 6.45) is 3.96. The van der Waals surface area contributed by atoms with Crippen molar-refractivity contribution in [2.24, 2.45) is 0 Å². The number of rotatable bonds is 11. The third kappa shape index (κ3) is 6.60. The van der Waals surface area contributed by atoms with Crippen molar-refractivity contribution in [2.45, 2.75) is 19.4 Å². The van der Waals surface area contributed by atoms with Crippen LogP contribution in [-0.2, 0) is 17.8 Å². The number of nitrogens with one attached hydrogen (secondary N) is 1. The maximum atomic E-state index is 12.3. The summed E-state index contributed by atoms with van der Waals surface area (Å²) in [5.74, 6) is 0.139. The molecular formula is C23H25N3O5. The van der Waals surface area contributed by atoms with Crippen LogP contribution in [0.2, 0.25) is 0 Å². The first-order chi connectivity index (χ1) is 15.0. The number of carboxylic acids is 1. The van der Waals surface area contributed by atoms with E-state index < -0.39 is 5.97 Å². The molecule has 1 aromatic heterocycles. The van der Waals surface area contributed by atoms with Gasteiger partial charge in [-0.1, -0.05) is 18.2 Å². The SMILES string of the molecule is COc1cccc(C(=O)NCCOc2cc(Cn3cccn3)ccc2CCC(=O)O)c1. The molecule has 2 N–H and O–H groups in total. The monoisotopic (exact) mass is 423 g/mol. The minimum atomic E-state index is -0.864. The number of ether oxygens (including phenoxy) is 2. The zero-order valence-electron chi connectivity index (χ0n) is 17.3. The van der Waals surface area contributed by atoms with Crippen LogP contribution >= 0.6 is 0 Å². The van der Waals surface area contributed by atoms with Crippen molar-refractivity contribution in [1.82, 2.24) is 15.1 Å². The first kappa shape index (κ1) is 21.9. The number of nitrogens with zero attached hydrogens (tertiary/aromatic N) is 2. The van der Waals surface area contributed by atoms with Gasteiger partial charge in [-0.05, 0) is 47.9 Å². The van der Waals surface area contributed by atoms with E-state index in [2.05, 4.69) is 10.4 Å².